The van der Waals surface area contributed by atoms with Gasteiger partial charge in [-0.05, 0) is 54.7 Å². The fourth-order valence-electron chi connectivity index (χ4n) is 3.52. The Morgan fingerprint density at radius 2 is 1.79 bits per heavy atom. The minimum atomic E-state index is -0.543. The topological polar surface area (TPSA) is 15.3 Å². The second-order valence-electron chi connectivity index (χ2n) is 5.47. The predicted octanol–water partition coefficient (Wildman–Crippen LogP) is 3.45. The molecule has 2 atom stereocenters. The molecule has 0 spiro atoms. The summed E-state index contributed by atoms with van der Waals surface area (Å²) in [5.41, 5.74) is 0.537. The summed E-state index contributed by atoms with van der Waals surface area (Å²) in [4.78, 5) is 2.16. The smallest absolute Gasteiger partial charge is 0.149 e. The molecule has 2 saturated heterocycles. The average molecular weight is 331 g/mol. The van der Waals surface area contributed by atoms with Crippen LogP contribution in [0.25, 0.3) is 0 Å². The molecule has 2 aliphatic rings. The Hall–Kier alpha value is -0.680. The van der Waals surface area contributed by atoms with Gasteiger partial charge in [-0.15, -0.1) is 0 Å². The van der Waals surface area contributed by atoms with E-state index in [-0.39, 0.29) is 0 Å². The van der Waals surface area contributed by atoms with Gasteiger partial charge in [0, 0.05) is 24.2 Å². The van der Waals surface area contributed by atoms with Crippen molar-refractivity contribution in [1.82, 2.24) is 5.32 Å². The number of benzene rings is 1. The molecule has 5 heteroatoms. The molecule has 19 heavy (non-hydrogen) atoms. The summed E-state index contributed by atoms with van der Waals surface area (Å²) < 4.78 is 27.7. The lowest BCUT2D eigenvalue weighted by Gasteiger charge is -2.40. The first-order valence-corrected chi connectivity index (χ1v) is 7.49. The maximum Gasteiger partial charge on any atom is 0.149 e. The third kappa shape index (κ3) is 2.27. The zero-order valence-corrected chi connectivity index (χ0v) is 12.4. The van der Waals surface area contributed by atoms with Crippen LogP contribution in [0.4, 0.5) is 14.5 Å². The van der Waals surface area contributed by atoms with Crippen LogP contribution in [-0.2, 0) is 0 Å². The van der Waals surface area contributed by atoms with Crippen molar-refractivity contribution in [2.24, 2.45) is 0 Å². The minimum Gasteiger partial charge on any atom is -0.363 e. The van der Waals surface area contributed by atoms with E-state index in [1.165, 1.54) is 0 Å². The number of nitrogens with one attached hydrogen (secondary N) is 1. The zero-order valence-electron chi connectivity index (χ0n) is 10.8. The van der Waals surface area contributed by atoms with Gasteiger partial charge in [0.15, 0.2) is 0 Å². The average Bonchev–Trinajstić information content (AvgIpc) is 2.64. The maximum absolute atomic E-state index is 14.1. The van der Waals surface area contributed by atoms with Crippen molar-refractivity contribution in [2.45, 2.75) is 43.8 Å². The number of fused-ring (bicyclic) bond motifs is 2. The second-order valence-corrected chi connectivity index (χ2v) is 6.32. The van der Waals surface area contributed by atoms with Gasteiger partial charge in [0.05, 0.1) is 10.2 Å². The van der Waals surface area contributed by atoms with E-state index < -0.39 is 11.6 Å². The van der Waals surface area contributed by atoms with Crippen LogP contribution < -0.4 is 10.2 Å². The van der Waals surface area contributed by atoms with E-state index in [4.69, 9.17) is 0 Å². The third-order valence-electron chi connectivity index (χ3n) is 4.41. The highest BCUT2D eigenvalue weighted by molar-refractivity contribution is 9.10. The van der Waals surface area contributed by atoms with E-state index >= 15 is 0 Å². The van der Waals surface area contributed by atoms with E-state index in [0.717, 1.165) is 31.7 Å². The van der Waals surface area contributed by atoms with Crippen molar-refractivity contribution in [1.29, 1.82) is 0 Å². The van der Waals surface area contributed by atoms with Gasteiger partial charge in [0.25, 0.3) is 0 Å². The predicted molar refractivity (Wildman–Crippen MR) is 75.4 cm³/mol. The molecule has 2 fully saturated rings. The number of rotatable bonds is 2. The van der Waals surface area contributed by atoms with Crippen LogP contribution >= 0.6 is 15.9 Å². The van der Waals surface area contributed by atoms with Crippen LogP contribution in [0.5, 0.6) is 0 Å². The summed E-state index contributed by atoms with van der Waals surface area (Å²) in [5, 5.41) is 3.32. The molecule has 3 rings (SSSR count). The highest BCUT2D eigenvalue weighted by Gasteiger charge is 2.41. The molecule has 104 valence electrons. The molecule has 0 aliphatic carbocycles. The fraction of sp³-hybridized carbons (Fsp3) is 0.571. The molecule has 2 bridgehead atoms. The van der Waals surface area contributed by atoms with Crippen molar-refractivity contribution >= 4 is 21.6 Å². The first kappa shape index (κ1) is 13.3. The van der Waals surface area contributed by atoms with Gasteiger partial charge in [0.1, 0.15) is 11.6 Å². The summed E-state index contributed by atoms with van der Waals surface area (Å²) in [6.45, 7) is 0. The molecule has 2 heterocycles. The van der Waals surface area contributed by atoms with Crippen LogP contribution in [0.1, 0.15) is 25.7 Å². The minimum absolute atomic E-state index is 0.332. The molecule has 0 saturated carbocycles. The lowest BCUT2D eigenvalue weighted by molar-refractivity contribution is 0.370. The standard InChI is InChI=1S/C14H17BrF2N2/c1-18-8-4-9-2-3-10(5-8)19(9)14-6-11(15)12(16)7-13(14)17/h6-10,18H,2-5H2,1H3. The Balaban J connectivity index is 1.93. The Morgan fingerprint density at radius 1 is 1.16 bits per heavy atom. The number of anilines is 1. The first-order valence-electron chi connectivity index (χ1n) is 6.70. The normalized spacial score (nSPS) is 29.9. The monoisotopic (exact) mass is 330 g/mol. The number of nitrogens with zero attached hydrogens (tertiary/aromatic N) is 1. The van der Waals surface area contributed by atoms with E-state index in [1.807, 2.05) is 7.05 Å². The van der Waals surface area contributed by atoms with Gasteiger partial charge in [-0.3, -0.25) is 0 Å². The summed E-state index contributed by atoms with van der Waals surface area (Å²) in [5.74, 6) is -1.00. The van der Waals surface area contributed by atoms with E-state index in [9.17, 15) is 8.78 Å². The molecule has 0 amide bonds. The molecular formula is C14H17BrF2N2. The van der Waals surface area contributed by atoms with Crippen LogP contribution in [0.15, 0.2) is 16.6 Å². The molecule has 2 unspecified atom stereocenters. The quantitative estimate of drug-likeness (QED) is 0.835. The van der Waals surface area contributed by atoms with Crippen LogP contribution in [0, 0.1) is 11.6 Å². The molecule has 0 radical (unpaired) electrons. The third-order valence-corrected chi connectivity index (χ3v) is 5.02. The lowest BCUT2D eigenvalue weighted by atomic mass is 9.96. The van der Waals surface area contributed by atoms with Crippen LogP contribution in [0.2, 0.25) is 0 Å². The highest BCUT2D eigenvalue weighted by atomic mass is 79.9. The Labute approximate surface area is 120 Å². The Morgan fingerprint density at radius 3 is 2.37 bits per heavy atom. The largest absolute Gasteiger partial charge is 0.363 e. The molecule has 2 nitrogen and oxygen atoms in total. The molecule has 1 N–H and O–H groups in total. The SMILES string of the molecule is CNC1CC2CCC(C1)N2c1cc(Br)c(F)cc1F. The number of hydrogen-bond acceptors (Lipinski definition) is 2. The summed E-state index contributed by atoms with van der Waals surface area (Å²) in [6.07, 6.45) is 4.25. The molecule has 2 aliphatic heterocycles. The molecule has 1 aromatic rings. The van der Waals surface area contributed by atoms with Crippen molar-refractivity contribution < 1.29 is 8.78 Å². The maximum atomic E-state index is 14.1. The van der Waals surface area contributed by atoms with Crippen molar-refractivity contribution in [3.8, 4) is 0 Å². The Kier molecular flexibility index (Phi) is 3.52. The Bertz CT molecular complexity index is 481. The van der Waals surface area contributed by atoms with Gasteiger partial charge in [0.2, 0.25) is 0 Å². The van der Waals surface area contributed by atoms with Gasteiger partial charge in [-0.1, -0.05) is 0 Å². The summed E-state index contributed by atoms with van der Waals surface area (Å²) in [7, 11) is 1.98. The molecule has 1 aromatic carbocycles. The van der Waals surface area contributed by atoms with Crippen LogP contribution in [-0.4, -0.2) is 25.2 Å². The fourth-order valence-corrected chi connectivity index (χ4v) is 3.85. The highest BCUT2D eigenvalue weighted by Crippen LogP contribution is 2.41. The number of halogens is 3. The molecular weight excluding hydrogens is 314 g/mol. The second kappa shape index (κ2) is 5.02. The van der Waals surface area contributed by atoms with Gasteiger partial charge < -0.3 is 10.2 Å². The molecule has 0 aromatic heterocycles. The van der Waals surface area contributed by atoms with Crippen molar-refractivity contribution in [2.75, 3.05) is 11.9 Å². The van der Waals surface area contributed by atoms with E-state index in [2.05, 4.69) is 26.1 Å². The lowest BCUT2D eigenvalue weighted by Crippen LogP contribution is -2.48. The van der Waals surface area contributed by atoms with E-state index in [1.54, 1.807) is 6.07 Å². The van der Waals surface area contributed by atoms with Gasteiger partial charge in [-0.25, -0.2) is 8.78 Å². The number of hydrogen-bond donors (Lipinski definition) is 1. The zero-order chi connectivity index (χ0) is 13.6. The van der Waals surface area contributed by atoms with Crippen molar-refractivity contribution in [3.63, 3.8) is 0 Å². The number of piperidine rings is 1. The first-order chi connectivity index (χ1) is 9.10. The summed E-state index contributed by atoms with van der Waals surface area (Å²) >= 11 is 3.15. The van der Waals surface area contributed by atoms with Gasteiger partial charge >= 0.3 is 0 Å². The summed E-state index contributed by atoms with van der Waals surface area (Å²) in [6, 6.07) is 3.80. The van der Waals surface area contributed by atoms with Crippen LogP contribution in [0.3, 0.4) is 0 Å². The van der Waals surface area contributed by atoms with Crippen molar-refractivity contribution in [3.05, 3.63) is 28.2 Å². The van der Waals surface area contributed by atoms with Gasteiger partial charge in [-0.2, -0.15) is 0 Å². The van der Waals surface area contributed by atoms with E-state index in [0.29, 0.717) is 28.3 Å².